The zero-order valence-corrected chi connectivity index (χ0v) is 16.5. The Labute approximate surface area is 158 Å². The molecule has 0 spiro atoms. The summed E-state index contributed by atoms with van der Waals surface area (Å²) < 4.78 is 26.9. The molecule has 2 amide bonds. The van der Waals surface area contributed by atoms with Crippen molar-refractivity contribution < 1.29 is 18.0 Å². The Bertz CT molecular complexity index is 789. The van der Waals surface area contributed by atoms with Crippen LogP contribution in [0.25, 0.3) is 0 Å². The normalized spacial score (nSPS) is 18.2. The first-order valence-electron chi connectivity index (χ1n) is 8.00. The van der Waals surface area contributed by atoms with Gasteiger partial charge >= 0.3 is 0 Å². The van der Waals surface area contributed by atoms with Crippen LogP contribution in [0.3, 0.4) is 0 Å². The number of amides is 2. The fraction of sp³-hybridized carbons (Fsp3) is 0.500. The van der Waals surface area contributed by atoms with Crippen molar-refractivity contribution in [3.8, 4) is 0 Å². The SMILES string of the molecule is C[C@H](NC(=O)C1(Cc2ccc(Cl)cc2)CN(S(=O)(=O)N(C)C)C1)C(N)=O. The van der Waals surface area contributed by atoms with Crippen molar-refractivity contribution >= 4 is 33.6 Å². The highest BCUT2D eigenvalue weighted by Gasteiger charge is 2.53. The summed E-state index contributed by atoms with van der Waals surface area (Å²) in [6.45, 7) is 1.53. The van der Waals surface area contributed by atoms with Gasteiger partial charge in [-0.2, -0.15) is 17.0 Å². The standard InChI is InChI=1S/C16H23ClN4O4S/c1-11(14(18)22)19-15(23)16(8-12-4-6-13(17)7-5-12)9-21(10-16)26(24,25)20(2)3/h4-7,11H,8-10H2,1-3H3,(H2,18,22)(H,19,23)/t11-/m0/s1. The van der Waals surface area contributed by atoms with Gasteiger partial charge in [0.05, 0.1) is 5.41 Å². The Balaban J connectivity index is 2.24. The van der Waals surface area contributed by atoms with Crippen molar-refractivity contribution in [1.82, 2.24) is 13.9 Å². The minimum absolute atomic E-state index is 0.0213. The average molecular weight is 403 g/mol. The van der Waals surface area contributed by atoms with E-state index in [2.05, 4.69) is 5.32 Å². The maximum absolute atomic E-state index is 12.8. The summed E-state index contributed by atoms with van der Waals surface area (Å²) in [5, 5.41) is 3.15. The molecule has 1 atom stereocenters. The summed E-state index contributed by atoms with van der Waals surface area (Å²) in [4.78, 5) is 24.1. The molecular weight excluding hydrogens is 380 g/mol. The van der Waals surface area contributed by atoms with E-state index < -0.39 is 33.5 Å². The molecule has 0 bridgehead atoms. The molecule has 1 aromatic carbocycles. The van der Waals surface area contributed by atoms with Crippen LogP contribution < -0.4 is 11.1 Å². The molecule has 0 aliphatic carbocycles. The van der Waals surface area contributed by atoms with E-state index in [-0.39, 0.29) is 13.1 Å². The quantitative estimate of drug-likeness (QED) is 0.667. The summed E-state index contributed by atoms with van der Waals surface area (Å²) in [7, 11) is -0.746. The van der Waals surface area contributed by atoms with E-state index in [0.717, 1.165) is 9.87 Å². The van der Waals surface area contributed by atoms with Gasteiger partial charge in [0.25, 0.3) is 10.2 Å². The minimum Gasteiger partial charge on any atom is -0.368 e. The first-order chi connectivity index (χ1) is 12.0. The number of hydrogen-bond donors (Lipinski definition) is 2. The number of rotatable bonds is 7. The maximum Gasteiger partial charge on any atom is 0.281 e. The Morgan fingerprint density at radius 2 is 1.85 bits per heavy atom. The number of nitrogens with one attached hydrogen (secondary N) is 1. The number of benzene rings is 1. The van der Waals surface area contributed by atoms with Crippen molar-refractivity contribution in [3.05, 3.63) is 34.9 Å². The third-order valence-electron chi connectivity index (χ3n) is 4.46. The smallest absolute Gasteiger partial charge is 0.281 e. The highest BCUT2D eigenvalue weighted by molar-refractivity contribution is 7.86. The number of carbonyl (C=O) groups excluding carboxylic acids is 2. The summed E-state index contributed by atoms with van der Waals surface area (Å²) >= 11 is 5.89. The van der Waals surface area contributed by atoms with Gasteiger partial charge in [0, 0.05) is 32.2 Å². The molecule has 1 aliphatic rings. The van der Waals surface area contributed by atoms with Gasteiger partial charge in [-0.1, -0.05) is 23.7 Å². The van der Waals surface area contributed by atoms with Crippen molar-refractivity contribution in [2.24, 2.45) is 11.1 Å². The molecule has 0 unspecified atom stereocenters. The second kappa shape index (κ2) is 7.51. The zero-order valence-electron chi connectivity index (χ0n) is 14.9. The molecule has 0 saturated carbocycles. The Morgan fingerprint density at radius 3 is 2.31 bits per heavy atom. The van der Waals surface area contributed by atoms with Crippen LogP contribution >= 0.6 is 11.6 Å². The molecule has 0 radical (unpaired) electrons. The predicted molar refractivity (Wildman–Crippen MR) is 98.6 cm³/mol. The molecule has 2 rings (SSSR count). The molecule has 1 aliphatic heterocycles. The number of carbonyl (C=O) groups is 2. The van der Waals surface area contributed by atoms with E-state index in [4.69, 9.17) is 17.3 Å². The molecular formula is C16H23ClN4O4S. The number of nitrogens with two attached hydrogens (primary N) is 1. The predicted octanol–water partition coefficient (Wildman–Crippen LogP) is -0.0191. The second-order valence-corrected chi connectivity index (χ2v) is 9.32. The number of primary amides is 1. The maximum atomic E-state index is 12.8. The van der Waals surface area contributed by atoms with Crippen LogP contribution in [-0.2, 0) is 26.2 Å². The highest BCUT2D eigenvalue weighted by atomic mass is 35.5. The van der Waals surface area contributed by atoms with Crippen molar-refractivity contribution in [3.63, 3.8) is 0 Å². The fourth-order valence-corrected chi connectivity index (χ4v) is 4.18. The lowest BCUT2D eigenvalue weighted by atomic mass is 9.75. The molecule has 10 heteroatoms. The van der Waals surface area contributed by atoms with Crippen molar-refractivity contribution in [2.45, 2.75) is 19.4 Å². The Kier molecular flexibility index (Phi) is 5.96. The lowest BCUT2D eigenvalue weighted by Gasteiger charge is -2.48. The van der Waals surface area contributed by atoms with E-state index in [9.17, 15) is 18.0 Å². The molecule has 1 aromatic rings. The molecule has 1 heterocycles. The third kappa shape index (κ3) is 4.17. The lowest BCUT2D eigenvalue weighted by molar-refractivity contribution is -0.140. The van der Waals surface area contributed by atoms with Crippen LogP contribution in [0.2, 0.25) is 5.02 Å². The van der Waals surface area contributed by atoms with Crippen molar-refractivity contribution in [1.29, 1.82) is 0 Å². The third-order valence-corrected chi connectivity index (χ3v) is 6.54. The van der Waals surface area contributed by atoms with Gasteiger partial charge in [-0.3, -0.25) is 9.59 Å². The Morgan fingerprint density at radius 1 is 1.31 bits per heavy atom. The topological polar surface area (TPSA) is 113 Å². The van der Waals surface area contributed by atoms with E-state index in [1.54, 1.807) is 24.3 Å². The van der Waals surface area contributed by atoms with Crippen LogP contribution in [0.15, 0.2) is 24.3 Å². The molecule has 144 valence electrons. The van der Waals surface area contributed by atoms with Gasteiger partial charge in [0.2, 0.25) is 11.8 Å². The number of nitrogens with zero attached hydrogens (tertiary/aromatic N) is 2. The zero-order chi connectivity index (χ0) is 19.7. The minimum atomic E-state index is -3.61. The average Bonchev–Trinajstić information content (AvgIpc) is 2.51. The van der Waals surface area contributed by atoms with Crippen LogP contribution in [0.5, 0.6) is 0 Å². The first-order valence-corrected chi connectivity index (χ1v) is 9.78. The van der Waals surface area contributed by atoms with Gasteiger partial charge in [-0.25, -0.2) is 0 Å². The van der Waals surface area contributed by atoms with E-state index in [1.165, 1.54) is 25.3 Å². The van der Waals surface area contributed by atoms with E-state index in [0.29, 0.717) is 11.4 Å². The van der Waals surface area contributed by atoms with Crippen LogP contribution in [0.4, 0.5) is 0 Å². The van der Waals surface area contributed by atoms with Gasteiger partial charge in [-0.05, 0) is 31.0 Å². The van der Waals surface area contributed by atoms with Gasteiger partial charge in [0.1, 0.15) is 6.04 Å². The number of hydrogen-bond acceptors (Lipinski definition) is 4. The van der Waals surface area contributed by atoms with Gasteiger partial charge < -0.3 is 11.1 Å². The van der Waals surface area contributed by atoms with E-state index in [1.807, 2.05) is 0 Å². The molecule has 1 saturated heterocycles. The Hall–Kier alpha value is -1.68. The largest absolute Gasteiger partial charge is 0.368 e. The second-order valence-electron chi connectivity index (χ2n) is 6.74. The van der Waals surface area contributed by atoms with E-state index >= 15 is 0 Å². The monoisotopic (exact) mass is 402 g/mol. The summed E-state index contributed by atoms with van der Waals surface area (Å²) in [6.07, 6.45) is 0.320. The van der Waals surface area contributed by atoms with Crippen molar-refractivity contribution in [2.75, 3.05) is 27.2 Å². The van der Waals surface area contributed by atoms with Gasteiger partial charge in [0.15, 0.2) is 0 Å². The molecule has 3 N–H and O–H groups in total. The van der Waals surface area contributed by atoms with Gasteiger partial charge in [-0.15, -0.1) is 0 Å². The van der Waals surface area contributed by atoms with Crippen LogP contribution in [-0.4, -0.2) is 62.1 Å². The molecule has 26 heavy (non-hydrogen) atoms. The first kappa shape index (κ1) is 20.6. The molecule has 8 nitrogen and oxygen atoms in total. The summed E-state index contributed by atoms with van der Waals surface area (Å²) in [5.74, 6) is -1.05. The highest BCUT2D eigenvalue weighted by Crippen LogP contribution is 2.37. The van der Waals surface area contributed by atoms with Crippen LogP contribution in [0, 0.1) is 5.41 Å². The summed E-state index contributed by atoms with van der Waals surface area (Å²) in [5.41, 5.74) is 5.09. The number of halogens is 1. The lowest BCUT2D eigenvalue weighted by Crippen LogP contribution is -2.67. The molecule has 1 fully saturated rings. The summed E-state index contributed by atoms with van der Waals surface area (Å²) in [6, 6.07) is 6.16. The molecule has 0 aromatic heterocycles. The van der Waals surface area contributed by atoms with Crippen LogP contribution in [0.1, 0.15) is 12.5 Å². The fourth-order valence-electron chi connectivity index (χ4n) is 2.77.